The highest BCUT2D eigenvalue weighted by Crippen LogP contribution is 2.17. The highest BCUT2D eigenvalue weighted by atomic mass is 16.2. The molecular formula is C14H29N3O. The van der Waals surface area contributed by atoms with Crippen LogP contribution < -0.4 is 5.32 Å². The molecule has 0 radical (unpaired) electrons. The Labute approximate surface area is 112 Å². The quantitative estimate of drug-likeness (QED) is 0.764. The predicted octanol–water partition coefficient (Wildman–Crippen LogP) is 1.18. The van der Waals surface area contributed by atoms with Crippen LogP contribution >= 0.6 is 0 Å². The Morgan fingerprint density at radius 3 is 2.39 bits per heavy atom. The molecule has 0 aromatic rings. The van der Waals surface area contributed by atoms with E-state index >= 15 is 0 Å². The van der Waals surface area contributed by atoms with Gasteiger partial charge in [-0.05, 0) is 39.4 Å². The van der Waals surface area contributed by atoms with Gasteiger partial charge in [-0.15, -0.1) is 0 Å². The smallest absolute Gasteiger partial charge is 0.225 e. The van der Waals surface area contributed by atoms with E-state index in [0.29, 0.717) is 5.91 Å². The molecule has 1 N–H and O–H groups in total. The lowest BCUT2D eigenvalue weighted by Crippen LogP contribution is -2.49. The van der Waals surface area contributed by atoms with Crippen LogP contribution in [-0.2, 0) is 4.79 Å². The van der Waals surface area contributed by atoms with Crippen molar-refractivity contribution in [2.24, 2.45) is 5.92 Å². The molecule has 0 bridgehead atoms. The molecule has 18 heavy (non-hydrogen) atoms. The molecule has 1 unspecified atom stereocenters. The molecule has 0 aliphatic carbocycles. The third kappa shape index (κ3) is 4.58. The molecule has 2 aliphatic rings. The number of hydrogen-bond donors (Lipinski definition) is 1. The number of hydrogen-bond acceptors (Lipinski definition) is 3. The summed E-state index contributed by atoms with van der Waals surface area (Å²) in [6, 6.07) is 0. The summed E-state index contributed by atoms with van der Waals surface area (Å²) in [6.07, 6.45) is 3.23. The molecule has 4 nitrogen and oxygen atoms in total. The molecule has 106 valence electrons. The summed E-state index contributed by atoms with van der Waals surface area (Å²) >= 11 is 0. The third-order valence-electron chi connectivity index (χ3n) is 3.74. The molecule has 2 heterocycles. The maximum absolute atomic E-state index is 12.3. The fraction of sp³-hybridized carbons (Fsp3) is 0.929. The summed E-state index contributed by atoms with van der Waals surface area (Å²) in [7, 11) is 2.12. The molecule has 0 spiro atoms. The van der Waals surface area contributed by atoms with Gasteiger partial charge in [-0.1, -0.05) is 13.8 Å². The van der Waals surface area contributed by atoms with Gasteiger partial charge in [-0.25, -0.2) is 0 Å². The standard InChI is InChI=1S/C12H23N3O.C2H6/c1-14-7-9-15(10-8-14)12(16)11-3-2-5-13-6-4-11;1-2/h11,13H,2-10H2,1H3;1-2H3. The fourth-order valence-electron chi connectivity index (χ4n) is 2.55. The van der Waals surface area contributed by atoms with Crippen LogP contribution in [-0.4, -0.2) is 62.0 Å². The fourth-order valence-corrected chi connectivity index (χ4v) is 2.55. The van der Waals surface area contributed by atoms with Crippen LogP contribution in [0.3, 0.4) is 0 Å². The van der Waals surface area contributed by atoms with E-state index in [1.54, 1.807) is 0 Å². The van der Waals surface area contributed by atoms with Gasteiger partial charge in [0, 0.05) is 32.1 Å². The normalized spacial score (nSPS) is 25.9. The minimum atomic E-state index is 0.276. The van der Waals surface area contributed by atoms with Crippen molar-refractivity contribution in [2.75, 3.05) is 46.3 Å². The second-order valence-corrected chi connectivity index (χ2v) is 5.01. The number of rotatable bonds is 1. The van der Waals surface area contributed by atoms with E-state index in [-0.39, 0.29) is 5.92 Å². The van der Waals surface area contributed by atoms with Crippen molar-refractivity contribution >= 4 is 5.91 Å². The largest absolute Gasteiger partial charge is 0.340 e. The first-order valence-electron chi connectivity index (χ1n) is 7.45. The van der Waals surface area contributed by atoms with E-state index < -0.39 is 0 Å². The van der Waals surface area contributed by atoms with Crippen LogP contribution in [0.4, 0.5) is 0 Å². The first-order chi connectivity index (χ1) is 8.77. The molecule has 0 aromatic carbocycles. The minimum Gasteiger partial charge on any atom is -0.340 e. The Bertz CT molecular complexity index is 229. The minimum absolute atomic E-state index is 0.276. The summed E-state index contributed by atoms with van der Waals surface area (Å²) in [5.74, 6) is 0.676. The summed E-state index contributed by atoms with van der Waals surface area (Å²) < 4.78 is 0. The monoisotopic (exact) mass is 255 g/mol. The third-order valence-corrected chi connectivity index (χ3v) is 3.74. The maximum atomic E-state index is 12.3. The number of amides is 1. The van der Waals surface area contributed by atoms with Crippen molar-refractivity contribution in [3.63, 3.8) is 0 Å². The van der Waals surface area contributed by atoms with Crippen LogP contribution in [0.25, 0.3) is 0 Å². The number of carbonyl (C=O) groups excluding carboxylic acids is 1. The zero-order valence-electron chi connectivity index (χ0n) is 12.2. The van der Waals surface area contributed by atoms with E-state index in [4.69, 9.17) is 0 Å². The van der Waals surface area contributed by atoms with Crippen LogP contribution in [0.1, 0.15) is 33.1 Å². The van der Waals surface area contributed by atoms with Crippen molar-refractivity contribution in [3.05, 3.63) is 0 Å². The molecule has 2 saturated heterocycles. The van der Waals surface area contributed by atoms with Gasteiger partial charge < -0.3 is 15.1 Å². The highest BCUT2D eigenvalue weighted by Gasteiger charge is 2.26. The average Bonchev–Trinajstić information content (AvgIpc) is 2.70. The number of carbonyl (C=O) groups is 1. The van der Waals surface area contributed by atoms with Gasteiger partial charge in [-0.2, -0.15) is 0 Å². The Hall–Kier alpha value is -0.610. The van der Waals surface area contributed by atoms with E-state index in [2.05, 4.69) is 22.2 Å². The second-order valence-electron chi connectivity index (χ2n) is 5.01. The predicted molar refractivity (Wildman–Crippen MR) is 75.6 cm³/mol. The molecule has 1 atom stereocenters. The van der Waals surface area contributed by atoms with Crippen molar-refractivity contribution < 1.29 is 4.79 Å². The first kappa shape index (κ1) is 15.4. The Kier molecular flexibility index (Phi) is 7.28. The van der Waals surface area contributed by atoms with Crippen molar-refractivity contribution in [1.82, 2.24) is 15.1 Å². The van der Waals surface area contributed by atoms with Gasteiger partial charge in [0.25, 0.3) is 0 Å². The Balaban J connectivity index is 0.000000771. The molecule has 1 amide bonds. The number of piperazine rings is 1. The average molecular weight is 255 g/mol. The summed E-state index contributed by atoms with van der Waals surface area (Å²) in [5.41, 5.74) is 0. The van der Waals surface area contributed by atoms with E-state index in [0.717, 1.165) is 58.5 Å². The lowest BCUT2D eigenvalue weighted by atomic mass is 9.98. The molecule has 2 fully saturated rings. The van der Waals surface area contributed by atoms with Crippen LogP contribution in [0.5, 0.6) is 0 Å². The Morgan fingerprint density at radius 2 is 1.72 bits per heavy atom. The maximum Gasteiger partial charge on any atom is 0.225 e. The zero-order valence-corrected chi connectivity index (χ0v) is 12.2. The summed E-state index contributed by atoms with van der Waals surface area (Å²) in [6.45, 7) is 9.96. The highest BCUT2D eigenvalue weighted by molar-refractivity contribution is 5.79. The molecule has 0 saturated carbocycles. The van der Waals surface area contributed by atoms with Gasteiger partial charge >= 0.3 is 0 Å². The van der Waals surface area contributed by atoms with Crippen LogP contribution in [0.2, 0.25) is 0 Å². The van der Waals surface area contributed by atoms with Crippen molar-refractivity contribution in [2.45, 2.75) is 33.1 Å². The van der Waals surface area contributed by atoms with Gasteiger partial charge in [0.15, 0.2) is 0 Å². The van der Waals surface area contributed by atoms with Gasteiger partial charge in [-0.3, -0.25) is 4.79 Å². The molecule has 0 aromatic heterocycles. The van der Waals surface area contributed by atoms with Crippen LogP contribution in [0.15, 0.2) is 0 Å². The van der Waals surface area contributed by atoms with Gasteiger partial charge in [0.1, 0.15) is 0 Å². The van der Waals surface area contributed by atoms with E-state index in [1.165, 1.54) is 0 Å². The van der Waals surface area contributed by atoms with E-state index in [9.17, 15) is 4.79 Å². The molecule has 4 heteroatoms. The molecular weight excluding hydrogens is 226 g/mol. The zero-order chi connectivity index (χ0) is 13.4. The number of nitrogens with one attached hydrogen (secondary N) is 1. The molecule has 2 rings (SSSR count). The topological polar surface area (TPSA) is 35.6 Å². The number of nitrogens with zero attached hydrogens (tertiary/aromatic N) is 2. The van der Waals surface area contributed by atoms with E-state index in [1.807, 2.05) is 13.8 Å². The van der Waals surface area contributed by atoms with Crippen molar-refractivity contribution in [1.29, 1.82) is 0 Å². The molecule has 2 aliphatic heterocycles. The lowest BCUT2D eigenvalue weighted by molar-refractivity contribution is -0.137. The SMILES string of the molecule is CC.CN1CCN(C(=O)C2CCCNCC2)CC1. The second kappa shape index (κ2) is 8.48. The Morgan fingerprint density at radius 1 is 1.06 bits per heavy atom. The lowest BCUT2D eigenvalue weighted by Gasteiger charge is -2.34. The summed E-state index contributed by atoms with van der Waals surface area (Å²) in [4.78, 5) is 16.6. The van der Waals surface area contributed by atoms with Gasteiger partial charge in [0.2, 0.25) is 5.91 Å². The van der Waals surface area contributed by atoms with Crippen molar-refractivity contribution in [3.8, 4) is 0 Å². The number of likely N-dealkylation sites (N-methyl/N-ethyl adjacent to an activating group) is 1. The first-order valence-corrected chi connectivity index (χ1v) is 7.45. The van der Waals surface area contributed by atoms with Crippen LogP contribution in [0, 0.1) is 5.92 Å². The van der Waals surface area contributed by atoms with Gasteiger partial charge in [0.05, 0.1) is 0 Å². The summed E-state index contributed by atoms with van der Waals surface area (Å²) in [5, 5.41) is 3.36.